The molecule has 16 heavy (non-hydrogen) atoms. The monoisotopic (exact) mass is 243 g/mol. The SMILES string of the molecule is CC(O)CCN(C)Cc1cc(Cl)ccc1O. The van der Waals surface area contributed by atoms with Crippen molar-refractivity contribution in [2.75, 3.05) is 13.6 Å². The molecule has 3 nitrogen and oxygen atoms in total. The first kappa shape index (κ1) is 13.3. The Labute approximate surface area is 101 Å². The van der Waals surface area contributed by atoms with Crippen LogP contribution >= 0.6 is 11.6 Å². The van der Waals surface area contributed by atoms with Crippen LogP contribution in [0, 0.1) is 0 Å². The maximum absolute atomic E-state index is 9.63. The second kappa shape index (κ2) is 6.09. The number of halogens is 1. The Hall–Kier alpha value is -0.770. The lowest BCUT2D eigenvalue weighted by Crippen LogP contribution is -2.22. The fourth-order valence-electron chi connectivity index (χ4n) is 1.46. The first-order chi connectivity index (χ1) is 7.49. The van der Waals surface area contributed by atoms with Gasteiger partial charge in [0.15, 0.2) is 0 Å². The molecular formula is C12H18ClNO2. The van der Waals surface area contributed by atoms with E-state index in [0.29, 0.717) is 11.6 Å². The molecule has 0 aliphatic rings. The highest BCUT2D eigenvalue weighted by Gasteiger charge is 2.06. The average molecular weight is 244 g/mol. The minimum atomic E-state index is -0.296. The first-order valence-electron chi connectivity index (χ1n) is 5.33. The summed E-state index contributed by atoms with van der Waals surface area (Å²) >= 11 is 5.86. The number of rotatable bonds is 5. The molecule has 1 aromatic carbocycles. The van der Waals surface area contributed by atoms with E-state index in [1.54, 1.807) is 25.1 Å². The summed E-state index contributed by atoms with van der Waals surface area (Å²) in [5.74, 6) is 0.258. The number of benzene rings is 1. The van der Waals surface area contributed by atoms with Crippen LogP contribution < -0.4 is 0 Å². The van der Waals surface area contributed by atoms with Gasteiger partial charge in [0.05, 0.1) is 6.10 Å². The zero-order valence-electron chi connectivity index (χ0n) is 9.65. The molecule has 0 radical (unpaired) electrons. The molecule has 0 saturated carbocycles. The van der Waals surface area contributed by atoms with Crippen LogP contribution in [0.5, 0.6) is 5.75 Å². The second-order valence-electron chi connectivity index (χ2n) is 4.15. The van der Waals surface area contributed by atoms with E-state index in [4.69, 9.17) is 16.7 Å². The molecule has 1 unspecified atom stereocenters. The van der Waals surface area contributed by atoms with Crippen molar-refractivity contribution >= 4 is 11.6 Å². The Kier molecular flexibility index (Phi) is 5.06. The van der Waals surface area contributed by atoms with Gasteiger partial charge < -0.3 is 15.1 Å². The zero-order chi connectivity index (χ0) is 12.1. The normalized spacial score (nSPS) is 13.1. The van der Waals surface area contributed by atoms with E-state index in [1.165, 1.54) is 0 Å². The molecule has 0 aromatic heterocycles. The summed E-state index contributed by atoms with van der Waals surface area (Å²) in [6.45, 7) is 3.17. The van der Waals surface area contributed by atoms with Crippen molar-refractivity contribution in [2.45, 2.75) is 26.0 Å². The maximum Gasteiger partial charge on any atom is 0.120 e. The van der Waals surface area contributed by atoms with Gasteiger partial charge in [-0.1, -0.05) is 11.6 Å². The number of phenolic OH excluding ortho intramolecular Hbond substituents is 1. The quantitative estimate of drug-likeness (QED) is 0.834. The molecule has 0 fully saturated rings. The topological polar surface area (TPSA) is 43.7 Å². The number of aromatic hydroxyl groups is 1. The summed E-state index contributed by atoms with van der Waals surface area (Å²) in [5, 5.41) is 19.4. The van der Waals surface area contributed by atoms with Crippen molar-refractivity contribution in [1.82, 2.24) is 4.90 Å². The van der Waals surface area contributed by atoms with E-state index in [0.717, 1.165) is 18.5 Å². The number of aliphatic hydroxyl groups excluding tert-OH is 1. The van der Waals surface area contributed by atoms with E-state index >= 15 is 0 Å². The van der Waals surface area contributed by atoms with Gasteiger partial charge in [-0.3, -0.25) is 0 Å². The van der Waals surface area contributed by atoms with Gasteiger partial charge in [-0.15, -0.1) is 0 Å². The Morgan fingerprint density at radius 1 is 1.44 bits per heavy atom. The van der Waals surface area contributed by atoms with Crippen LogP contribution in [0.4, 0.5) is 0 Å². The molecule has 2 N–H and O–H groups in total. The van der Waals surface area contributed by atoms with Gasteiger partial charge in [0, 0.05) is 23.7 Å². The summed E-state index contributed by atoms with van der Waals surface area (Å²) in [6, 6.07) is 5.02. The summed E-state index contributed by atoms with van der Waals surface area (Å²) in [7, 11) is 1.95. The fraction of sp³-hybridized carbons (Fsp3) is 0.500. The van der Waals surface area contributed by atoms with E-state index in [2.05, 4.69) is 0 Å². The van der Waals surface area contributed by atoms with Gasteiger partial charge in [0.1, 0.15) is 5.75 Å². The molecule has 1 aromatic rings. The van der Waals surface area contributed by atoms with Gasteiger partial charge >= 0.3 is 0 Å². The molecular weight excluding hydrogens is 226 g/mol. The van der Waals surface area contributed by atoms with Crippen molar-refractivity contribution in [2.24, 2.45) is 0 Å². The van der Waals surface area contributed by atoms with E-state index < -0.39 is 0 Å². The van der Waals surface area contributed by atoms with Crippen molar-refractivity contribution in [1.29, 1.82) is 0 Å². The Balaban J connectivity index is 2.55. The van der Waals surface area contributed by atoms with Crippen LogP contribution in [-0.4, -0.2) is 34.8 Å². The standard InChI is InChI=1S/C12H18ClNO2/c1-9(15)5-6-14(2)8-10-7-11(13)3-4-12(10)16/h3-4,7,9,15-16H,5-6,8H2,1-2H3. The average Bonchev–Trinajstić information content (AvgIpc) is 2.20. The fourth-order valence-corrected chi connectivity index (χ4v) is 1.65. The van der Waals surface area contributed by atoms with E-state index in [-0.39, 0.29) is 11.9 Å². The Bertz CT molecular complexity index is 342. The van der Waals surface area contributed by atoms with Crippen LogP contribution in [0.25, 0.3) is 0 Å². The van der Waals surface area contributed by atoms with Gasteiger partial charge in [-0.25, -0.2) is 0 Å². The molecule has 1 rings (SSSR count). The third-order valence-corrected chi connectivity index (χ3v) is 2.65. The number of hydrogen-bond donors (Lipinski definition) is 2. The molecule has 0 bridgehead atoms. The predicted octanol–water partition coefficient (Wildman–Crippen LogP) is 2.25. The minimum absolute atomic E-state index is 0.258. The molecule has 90 valence electrons. The zero-order valence-corrected chi connectivity index (χ0v) is 10.4. The van der Waals surface area contributed by atoms with E-state index in [9.17, 15) is 5.11 Å². The van der Waals surface area contributed by atoms with Crippen molar-refractivity contribution in [3.8, 4) is 5.75 Å². The lowest BCUT2D eigenvalue weighted by molar-refractivity contribution is 0.162. The number of nitrogens with zero attached hydrogens (tertiary/aromatic N) is 1. The highest BCUT2D eigenvalue weighted by molar-refractivity contribution is 6.30. The Morgan fingerprint density at radius 3 is 2.75 bits per heavy atom. The number of aliphatic hydroxyl groups is 1. The molecule has 0 saturated heterocycles. The van der Waals surface area contributed by atoms with Crippen molar-refractivity contribution in [3.63, 3.8) is 0 Å². The Morgan fingerprint density at radius 2 is 2.12 bits per heavy atom. The summed E-state index contributed by atoms with van der Waals surface area (Å²) in [5.41, 5.74) is 0.806. The van der Waals surface area contributed by atoms with Crippen molar-refractivity contribution < 1.29 is 10.2 Å². The highest BCUT2D eigenvalue weighted by atomic mass is 35.5. The van der Waals surface area contributed by atoms with Gasteiger partial charge in [0.25, 0.3) is 0 Å². The third-order valence-electron chi connectivity index (χ3n) is 2.41. The summed E-state index contributed by atoms with van der Waals surface area (Å²) < 4.78 is 0. The van der Waals surface area contributed by atoms with Gasteiger partial charge in [0.2, 0.25) is 0 Å². The number of phenols is 1. The predicted molar refractivity (Wildman–Crippen MR) is 65.7 cm³/mol. The summed E-state index contributed by atoms with van der Waals surface area (Å²) in [6.07, 6.45) is 0.424. The molecule has 4 heteroatoms. The summed E-state index contributed by atoms with van der Waals surface area (Å²) in [4.78, 5) is 2.04. The number of hydrogen-bond acceptors (Lipinski definition) is 3. The second-order valence-corrected chi connectivity index (χ2v) is 4.58. The van der Waals surface area contributed by atoms with Gasteiger partial charge in [-0.2, -0.15) is 0 Å². The van der Waals surface area contributed by atoms with Crippen LogP contribution in [0.15, 0.2) is 18.2 Å². The van der Waals surface area contributed by atoms with Crippen LogP contribution in [0.3, 0.4) is 0 Å². The molecule has 0 amide bonds. The largest absolute Gasteiger partial charge is 0.508 e. The van der Waals surface area contributed by atoms with E-state index in [1.807, 2.05) is 11.9 Å². The van der Waals surface area contributed by atoms with Gasteiger partial charge in [-0.05, 0) is 38.6 Å². The first-order valence-corrected chi connectivity index (χ1v) is 5.71. The molecule has 0 spiro atoms. The maximum atomic E-state index is 9.63. The van der Waals surface area contributed by atoms with Crippen LogP contribution in [0.2, 0.25) is 5.02 Å². The van der Waals surface area contributed by atoms with Crippen LogP contribution in [-0.2, 0) is 6.54 Å². The van der Waals surface area contributed by atoms with Crippen LogP contribution in [0.1, 0.15) is 18.9 Å². The minimum Gasteiger partial charge on any atom is -0.508 e. The highest BCUT2D eigenvalue weighted by Crippen LogP contribution is 2.22. The molecule has 0 aliphatic carbocycles. The third kappa shape index (κ3) is 4.39. The lowest BCUT2D eigenvalue weighted by atomic mass is 10.2. The molecule has 1 atom stereocenters. The smallest absolute Gasteiger partial charge is 0.120 e. The lowest BCUT2D eigenvalue weighted by Gasteiger charge is -2.18. The van der Waals surface area contributed by atoms with Crippen molar-refractivity contribution in [3.05, 3.63) is 28.8 Å². The molecule has 0 aliphatic heterocycles. The molecule has 0 heterocycles.